The number of carbonyl (C=O) groups excluding carboxylic acids is 1. The van der Waals surface area contributed by atoms with Gasteiger partial charge in [-0.1, -0.05) is 40.2 Å². The first-order valence-electron chi connectivity index (χ1n) is 7.96. The molecule has 4 heteroatoms. The van der Waals surface area contributed by atoms with E-state index in [-0.39, 0.29) is 11.4 Å². The molecule has 1 spiro atoms. The Bertz CT molecular complexity index is 778. The minimum Gasteiger partial charge on any atom is -0.382 e. The van der Waals surface area contributed by atoms with E-state index in [1.54, 1.807) is 6.92 Å². The zero-order valence-electron chi connectivity index (χ0n) is 13.1. The van der Waals surface area contributed by atoms with Crippen molar-refractivity contribution < 1.29 is 4.79 Å². The first kappa shape index (κ1) is 14.8. The summed E-state index contributed by atoms with van der Waals surface area (Å²) >= 11 is 3.54. The van der Waals surface area contributed by atoms with Crippen molar-refractivity contribution in [3.8, 4) is 0 Å². The van der Waals surface area contributed by atoms with Gasteiger partial charge in [0.15, 0.2) is 0 Å². The summed E-state index contributed by atoms with van der Waals surface area (Å²) in [5.74, 6) is 0.128. The van der Waals surface area contributed by atoms with Gasteiger partial charge in [0.05, 0.1) is 5.54 Å². The average molecular weight is 371 g/mol. The molecule has 0 bridgehead atoms. The number of benzene rings is 1. The second-order valence-corrected chi connectivity index (χ2v) is 7.45. The van der Waals surface area contributed by atoms with Gasteiger partial charge in [0.25, 0.3) is 0 Å². The zero-order valence-corrected chi connectivity index (χ0v) is 14.7. The van der Waals surface area contributed by atoms with Gasteiger partial charge in [0.1, 0.15) is 0 Å². The highest BCUT2D eigenvalue weighted by molar-refractivity contribution is 9.10. The maximum atomic E-state index is 12.4. The molecule has 118 valence electrons. The van der Waals surface area contributed by atoms with Gasteiger partial charge in [-0.2, -0.15) is 0 Å². The molecule has 1 atom stereocenters. The molecule has 3 aliphatic rings. The van der Waals surface area contributed by atoms with Crippen LogP contribution in [0.4, 0.5) is 5.69 Å². The van der Waals surface area contributed by atoms with Crippen LogP contribution in [0.2, 0.25) is 0 Å². The molecule has 0 fully saturated rings. The fraction of sp³-hybridized carbons (Fsp3) is 0.316. The fourth-order valence-corrected chi connectivity index (χ4v) is 4.30. The number of halogens is 1. The van der Waals surface area contributed by atoms with Gasteiger partial charge in [-0.05, 0) is 41.3 Å². The summed E-state index contributed by atoms with van der Waals surface area (Å²) in [4.78, 5) is 14.5. The SMILES string of the molecule is CC(=O)N1Cc2cc(Br)ccc2NCC12C=C1CC=CC=C1C2. The van der Waals surface area contributed by atoms with Crippen LogP contribution in [0.25, 0.3) is 0 Å². The number of hydrogen-bond acceptors (Lipinski definition) is 2. The highest BCUT2D eigenvalue weighted by Gasteiger charge is 2.43. The van der Waals surface area contributed by atoms with Crippen LogP contribution in [0.3, 0.4) is 0 Å². The molecule has 0 radical (unpaired) electrons. The standard InChI is InChI=1S/C19H19BrN2O/c1-13(23)22-11-16-8-17(20)6-7-18(16)21-12-19(22)9-14-4-2-3-5-15(14)10-19/h2-4,6-8,10,21H,5,9,11-12H2,1H3. The van der Waals surface area contributed by atoms with E-state index >= 15 is 0 Å². The summed E-state index contributed by atoms with van der Waals surface area (Å²) < 4.78 is 1.04. The normalized spacial score (nSPS) is 25.2. The van der Waals surface area contributed by atoms with Gasteiger partial charge in [-0.15, -0.1) is 0 Å². The van der Waals surface area contributed by atoms with E-state index in [4.69, 9.17) is 0 Å². The molecule has 1 heterocycles. The number of amides is 1. The summed E-state index contributed by atoms with van der Waals surface area (Å²) in [6.07, 6.45) is 10.7. The van der Waals surface area contributed by atoms with Crippen molar-refractivity contribution in [3.05, 3.63) is 63.7 Å². The third kappa shape index (κ3) is 2.45. The molecule has 2 aliphatic carbocycles. The molecule has 4 rings (SSSR count). The number of rotatable bonds is 0. The Kier molecular flexibility index (Phi) is 3.45. The minimum atomic E-state index is -0.259. The van der Waals surface area contributed by atoms with Crippen molar-refractivity contribution in [1.29, 1.82) is 0 Å². The molecular formula is C19H19BrN2O. The number of anilines is 1. The second kappa shape index (κ2) is 5.38. The summed E-state index contributed by atoms with van der Waals surface area (Å²) in [5.41, 5.74) is 4.76. The Morgan fingerprint density at radius 2 is 2.22 bits per heavy atom. The molecular weight excluding hydrogens is 352 g/mol. The second-order valence-electron chi connectivity index (χ2n) is 6.53. The van der Waals surface area contributed by atoms with Crippen molar-refractivity contribution in [2.24, 2.45) is 0 Å². The minimum absolute atomic E-state index is 0.128. The lowest BCUT2D eigenvalue weighted by molar-refractivity contribution is -0.133. The molecule has 1 aliphatic heterocycles. The van der Waals surface area contributed by atoms with E-state index in [1.165, 1.54) is 11.1 Å². The van der Waals surface area contributed by atoms with E-state index in [9.17, 15) is 4.79 Å². The van der Waals surface area contributed by atoms with Crippen LogP contribution in [0.5, 0.6) is 0 Å². The highest BCUT2D eigenvalue weighted by atomic mass is 79.9. The number of carbonyl (C=O) groups is 1. The van der Waals surface area contributed by atoms with Crippen LogP contribution >= 0.6 is 15.9 Å². The van der Waals surface area contributed by atoms with E-state index in [0.717, 1.165) is 35.1 Å². The Hall–Kier alpha value is -1.81. The van der Waals surface area contributed by atoms with Crippen molar-refractivity contribution in [2.45, 2.75) is 31.8 Å². The van der Waals surface area contributed by atoms with Crippen LogP contribution < -0.4 is 5.32 Å². The molecule has 3 nitrogen and oxygen atoms in total. The molecule has 1 N–H and O–H groups in total. The van der Waals surface area contributed by atoms with Crippen molar-refractivity contribution in [1.82, 2.24) is 4.90 Å². The van der Waals surface area contributed by atoms with Gasteiger partial charge in [0.2, 0.25) is 5.91 Å². The Morgan fingerprint density at radius 3 is 3.00 bits per heavy atom. The third-order valence-corrected chi connectivity index (χ3v) is 5.51. The van der Waals surface area contributed by atoms with E-state index in [1.807, 2.05) is 11.0 Å². The molecule has 1 amide bonds. The maximum Gasteiger partial charge on any atom is 0.220 e. The zero-order chi connectivity index (χ0) is 16.0. The Labute approximate surface area is 144 Å². The fourth-order valence-electron chi connectivity index (χ4n) is 3.90. The maximum absolute atomic E-state index is 12.4. The lowest BCUT2D eigenvalue weighted by atomic mass is 9.94. The number of hydrogen-bond donors (Lipinski definition) is 1. The van der Waals surface area contributed by atoms with E-state index in [0.29, 0.717) is 6.54 Å². The first-order chi connectivity index (χ1) is 11.1. The lowest BCUT2D eigenvalue weighted by Crippen LogP contribution is -2.51. The van der Waals surface area contributed by atoms with Crippen molar-refractivity contribution >= 4 is 27.5 Å². The third-order valence-electron chi connectivity index (χ3n) is 5.02. The summed E-state index contributed by atoms with van der Waals surface area (Å²) in [5, 5.41) is 3.57. The summed E-state index contributed by atoms with van der Waals surface area (Å²) in [6, 6.07) is 6.24. The molecule has 0 saturated heterocycles. The van der Waals surface area contributed by atoms with Crippen LogP contribution in [0.1, 0.15) is 25.3 Å². The quantitative estimate of drug-likeness (QED) is 0.742. The predicted octanol–water partition coefficient (Wildman–Crippen LogP) is 4.18. The smallest absolute Gasteiger partial charge is 0.220 e. The van der Waals surface area contributed by atoms with Gasteiger partial charge in [0, 0.05) is 36.6 Å². The lowest BCUT2D eigenvalue weighted by Gasteiger charge is -2.38. The van der Waals surface area contributed by atoms with Crippen LogP contribution in [0.15, 0.2) is 58.1 Å². The predicted molar refractivity (Wildman–Crippen MR) is 96.1 cm³/mol. The van der Waals surface area contributed by atoms with Crippen LogP contribution in [-0.2, 0) is 11.3 Å². The average Bonchev–Trinajstić information content (AvgIpc) is 2.82. The molecule has 23 heavy (non-hydrogen) atoms. The molecule has 1 aromatic rings. The monoisotopic (exact) mass is 370 g/mol. The van der Waals surface area contributed by atoms with Crippen molar-refractivity contribution in [3.63, 3.8) is 0 Å². The van der Waals surface area contributed by atoms with E-state index < -0.39 is 0 Å². The molecule has 0 aromatic heterocycles. The van der Waals surface area contributed by atoms with E-state index in [2.05, 4.69) is 57.7 Å². The van der Waals surface area contributed by atoms with Crippen molar-refractivity contribution in [2.75, 3.05) is 11.9 Å². The highest BCUT2D eigenvalue weighted by Crippen LogP contribution is 2.43. The summed E-state index contributed by atoms with van der Waals surface area (Å²) in [7, 11) is 0. The molecule has 0 saturated carbocycles. The van der Waals surface area contributed by atoms with Gasteiger partial charge >= 0.3 is 0 Å². The molecule has 1 unspecified atom stereocenters. The topological polar surface area (TPSA) is 32.3 Å². The first-order valence-corrected chi connectivity index (χ1v) is 8.75. The Balaban J connectivity index is 1.77. The number of allylic oxidation sites excluding steroid dienone is 4. The largest absolute Gasteiger partial charge is 0.382 e. The van der Waals surface area contributed by atoms with Crippen LogP contribution in [-0.4, -0.2) is 22.9 Å². The van der Waals surface area contributed by atoms with Gasteiger partial charge in [-0.25, -0.2) is 0 Å². The number of fused-ring (bicyclic) bond motifs is 2. The van der Waals surface area contributed by atoms with Gasteiger partial charge < -0.3 is 10.2 Å². The molecule has 1 aromatic carbocycles. The number of nitrogens with zero attached hydrogens (tertiary/aromatic N) is 1. The van der Waals surface area contributed by atoms with Gasteiger partial charge in [-0.3, -0.25) is 4.79 Å². The Morgan fingerprint density at radius 1 is 1.35 bits per heavy atom. The number of nitrogens with one attached hydrogen (secondary N) is 1. The summed E-state index contributed by atoms with van der Waals surface area (Å²) in [6.45, 7) is 3.07. The van der Waals surface area contributed by atoms with Crippen LogP contribution in [0, 0.1) is 0 Å².